The molecule has 3 N–H and O–H groups in total. The average molecular weight is 434 g/mol. The Morgan fingerprint density at radius 3 is 2.75 bits per heavy atom. The van der Waals surface area contributed by atoms with Gasteiger partial charge in [-0.25, -0.2) is 0 Å². The van der Waals surface area contributed by atoms with Crippen LogP contribution in [0, 0.1) is 5.92 Å². The van der Waals surface area contributed by atoms with Crippen LogP contribution in [0.1, 0.15) is 37.7 Å². The highest BCUT2D eigenvalue weighted by Gasteiger charge is 2.20. The maximum absolute atomic E-state index is 12.6. The summed E-state index contributed by atoms with van der Waals surface area (Å²) in [5, 5.41) is 4.69. The standard InChI is InChI=1S/C26H31N3O3/c27-22-5-2-6-23-21(22)10-12-26(30)29(23)17-18-3-1-4-20(9-7-18)28-16-19-8-11-24-25(15-19)32-14-13-31-24/h2,5-6,8,10-12,15,18,20,28H,1,3-4,7,9,13-14,16-17,27H2. The fourth-order valence-electron chi connectivity index (χ4n) is 5.02. The van der Waals surface area contributed by atoms with Crippen LogP contribution in [0.3, 0.4) is 0 Å². The maximum atomic E-state index is 12.6. The van der Waals surface area contributed by atoms with Crippen molar-refractivity contribution in [3.63, 3.8) is 0 Å². The first-order valence-corrected chi connectivity index (χ1v) is 11.7. The van der Waals surface area contributed by atoms with Gasteiger partial charge in [-0.2, -0.15) is 0 Å². The van der Waals surface area contributed by atoms with E-state index in [-0.39, 0.29) is 5.56 Å². The Hall–Kier alpha value is -2.99. The van der Waals surface area contributed by atoms with Crippen LogP contribution in [0.5, 0.6) is 11.5 Å². The van der Waals surface area contributed by atoms with E-state index in [0.717, 1.165) is 60.4 Å². The minimum absolute atomic E-state index is 0.0561. The van der Waals surface area contributed by atoms with Crippen LogP contribution in [-0.4, -0.2) is 23.8 Å². The van der Waals surface area contributed by atoms with Crippen molar-refractivity contribution >= 4 is 16.6 Å². The van der Waals surface area contributed by atoms with Gasteiger partial charge in [-0.05, 0) is 67.5 Å². The quantitative estimate of drug-likeness (QED) is 0.468. The summed E-state index contributed by atoms with van der Waals surface area (Å²) in [4.78, 5) is 12.6. The van der Waals surface area contributed by atoms with Gasteiger partial charge < -0.3 is 25.1 Å². The van der Waals surface area contributed by atoms with Crippen molar-refractivity contribution in [2.24, 2.45) is 5.92 Å². The van der Waals surface area contributed by atoms with E-state index in [1.165, 1.54) is 18.4 Å². The highest BCUT2D eigenvalue weighted by Crippen LogP contribution is 2.31. The third-order valence-electron chi connectivity index (χ3n) is 6.80. The third kappa shape index (κ3) is 4.46. The van der Waals surface area contributed by atoms with E-state index in [1.54, 1.807) is 6.07 Å². The lowest BCUT2D eigenvalue weighted by molar-refractivity contribution is 0.171. The molecule has 2 heterocycles. The second-order valence-corrected chi connectivity index (χ2v) is 8.99. The van der Waals surface area contributed by atoms with E-state index in [2.05, 4.69) is 17.4 Å². The Bertz CT molecular complexity index is 1160. The minimum Gasteiger partial charge on any atom is -0.486 e. The number of hydrogen-bond donors (Lipinski definition) is 2. The molecule has 1 aliphatic heterocycles. The predicted molar refractivity (Wildman–Crippen MR) is 127 cm³/mol. The smallest absolute Gasteiger partial charge is 0.251 e. The van der Waals surface area contributed by atoms with Crippen molar-refractivity contribution in [1.82, 2.24) is 9.88 Å². The Labute approximate surface area is 188 Å². The van der Waals surface area contributed by atoms with Gasteiger partial charge in [0, 0.05) is 36.3 Å². The number of nitrogens with one attached hydrogen (secondary N) is 1. The number of benzene rings is 2. The Balaban J connectivity index is 1.21. The van der Waals surface area contributed by atoms with Crippen LogP contribution < -0.4 is 26.1 Å². The molecule has 2 atom stereocenters. The minimum atomic E-state index is 0.0561. The van der Waals surface area contributed by atoms with Gasteiger partial charge in [0.05, 0.1) is 5.52 Å². The molecule has 0 amide bonds. The molecule has 6 nitrogen and oxygen atoms in total. The summed E-state index contributed by atoms with van der Waals surface area (Å²) >= 11 is 0. The van der Waals surface area contributed by atoms with Gasteiger partial charge in [-0.1, -0.05) is 18.6 Å². The number of pyridine rings is 1. The normalized spacial score (nSPS) is 20.8. The zero-order valence-corrected chi connectivity index (χ0v) is 18.4. The lowest BCUT2D eigenvalue weighted by Crippen LogP contribution is -2.28. The van der Waals surface area contributed by atoms with Gasteiger partial charge in [-0.3, -0.25) is 4.79 Å². The molecule has 2 aromatic carbocycles. The van der Waals surface area contributed by atoms with E-state index in [4.69, 9.17) is 15.2 Å². The molecule has 1 aliphatic carbocycles. The van der Waals surface area contributed by atoms with E-state index in [9.17, 15) is 4.79 Å². The number of hydrogen-bond acceptors (Lipinski definition) is 5. The van der Waals surface area contributed by atoms with Crippen LogP contribution in [0.4, 0.5) is 5.69 Å². The molecule has 0 radical (unpaired) electrons. The summed E-state index contributed by atoms with van der Waals surface area (Å²) in [6.07, 6.45) is 5.72. The predicted octanol–water partition coefficient (Wildman–Crippen LogP) is 4.09. The molecule has 2 aliphatic rings. The molecule has 1 aromatic heterocycles. The van der Waals surface area contributed by atoms with E-state index < -0.39 is 0 Å². The molecule has 1 saturated carbocycles. The summed E-state index contributed by atoms with van der Waals surface area (Å²) < 4.78 is 13.2. The molecule has 5 rings (SSSR count). The Kier molecular flexibility index (Phi) is 6.04. The lowest BCUT2D eigenvalue weighted by Gasteiger charge is -2.20. The van der Waals surface area contributed by atoms with Gasteiger partial charge in [-0.15, -0.1) is 0 Å². The maximum Gasteiger partial charge on any atom is 0.251 e. The van der Waals surface area contributed by atoms with Crippen molar-refractivity contribution in [3.05, 3.63) is 64.4 Å². The van der Waals surface area contributed by atoms with Crippen LogP contribution in [0.15, 0.2) is 53.3 Å². The molecule has 32 heavy (non-hydrogen) atoms. The highest BCUT2D eigenvalue weighted by molar-refractivity contribution is 5.90. The SMILES string of the molecule is Nc1cccc2c1ccc(=O)n2CC1CCCC(NCc2ccc3c(c2)OCCO3)CC1. The molecular weight excluding hydrogens is 402 g/mol. The molecule has 6 heteroatoms. The topological polar surface area (TPSA) is 78.5 Å². The number of aromatic nitrogens is 1. The van der Waals surface area contributed by atoms with Crippen molar-refractivity contribution in [2.75, 3.05) is 18.9 Å². The van der Waals surface area contributed by atoms with E-state index in [1.807, 2.05) is 34.9 Å². The molecule has 3 aromatic rings. The number of nitrogens with zero attached hydrogens (tertiary/aromatic N) is 1. The summed E-state index contributed by atoms with van der Waals surface area (Å²) in [6, 6.07) is 16.0. The van der Waals surface area contributed by atoms with Gasteiger partial charge in [0.2, 0.25) is 0 Å². The zero-order valence-electron chi connectivity index (χ0n) is 18.4. The first kappa shape index (κ1) is 20.9. The Morgan fingerprint density at radius 2 is 1.84 bits per heavy atom. The first-order valence-electron chi connectivity index (χ1n) is 11.7. The Morgan fingerprint density at radius 1 is 0.969 bits per heavy atom. The fraction of sp³-hybridized carbons (Fsp3) is 0.423. The van der Waals surface area contributed by atoms with Gasteiger partial charge in [0.15, 0.2) is 11.5 Å². The van der Waals surface area contributed by atoms with Gasteiger partial charge >= 0.3 is 0 Å². The number of anilines is 1. The second-order valence-electron chi connectivity index (χ2n) is 8.99. The van der Waals surface area contributed by atoms with Crippen molar-refractivity contribution in [1.29, 1.82) is 0 Å². The van der Waals surface area contributed by atoms with Crippen molar-refractivity contribution < 1.29 is 9.47 Å². The number of rotatable bonds is 5. The summed E-state index contributed by atoms with van der Waals surface area (Å²) in [7, 11) is 0. The fourth-order valence-corrected chi connectivity index (χ4v) is 5.02. The summed E-state index contributed by atoms with van der Waals surface area (Å²) in [6.45, 7) is 2.81. The highest BCUT2D eigenvalue weighted by atomic mass is 16.6. The largest absolute Gasteiger partial charge is 0.486 e. The molecule has 0 spiro atoms. The van der Waals surface area contributed by atoms with E-state index in [0.29, 0.717) is 25.2 Å². The number of ether oxygens (including phenoxy) is 2. The molecule has 2 unspecified atom stereocenters. The lowest BCUT2D eigenvalue weighted by atomic mass is 9.99. The molecule has 1 fully saturated rings. The van der Waals surface area contributed by atoms with Crippen LogP contribution >= 0.6 is 0 Å². The molecule has 0 saturated heterocycles. The average Bonchev–Trinajstić information content (AvgIpc) is 3.05. The van der Waals surface area contributed by atoms with Crippen molar-refractivity contribution in [2.45, 2.75) is 51.2 Å². The number of fused-ring (bicyclic) bond motifs is 2. The van der Waals surface area contributed by atoms with Gasteiger partial charge in [0.1, 0.15) is 13.2 Å². The summed E-state index contributed by atoms with van der Waals surface area (Å²) in [5.74, 6) is 2.18. The molecule has 168 valence electrons. The number of nitrogen functional groups attached to an aromatic ring is 1. The third-order valence-corrected chi connectivity index (χ3v) is 6.80. The summed E-state index contributed by atoms with van der Waals surface area (Å²) in [5.41, 5.74) is 9.07. The van der Waals surface area contributed by atoms with Crippen LogP contribution in [-0.2, 0) is 13.1 Å². The second kappa shape index (κ2) is 9.25. The van der Waals surface area contributed by atoms with Crippen LogP contribution in [0.25, 0.3) is 10.9 Å². The van der Waals surface area contributed by atoms with Crippen LogP contribution in [0.2, 0.25) is 0 Å². The zero-order chi connectivity index (χ0) is 21.9. The van der Waals surface area contributed by atoms with Crippen molar-refractivity contribution in [3.8, 4) is 11.5 Å². The monoisotopic (exact) mass is 433 g/mol. The van der Waals surface area contributed by atoms with E-state index >= 15 is 0 Å². The molecular formula is C26H31N3O3. The van der Waals surface area contributed by atoms with Gasteiger partial charge in [0.25, 0.3) is 5.56 Å². The molecule has 0 bridgehead atoms. The first-order chi connectivity index (χ1) is 15.7. The number of nitrogens with two attached hydrogens (primary N) is 1.